The summed E-state index contributed by atoms with van der Waals surface area (Å²) >= 11 is 0. The molecule has 0 atom stereocenters. The number of benzene rings is 3. The third-order valence-corrected chi connectivity index (χ3v) is 10.2. The minimum absolute atomic E-state index is 0.0165. The first-order chi connectivity index (χ1) is 26.6. The molecule has 2 saturated carbocycles. The van der Waals surface area contributed by atoms with Gasteiger partial charge in [0.25, 0.3) is 22.9 Å². The molecule has 0 radical (unpaired) electrons. The van der Waals surface area contributed by atoms with Gasteiger partial charge >= 0.3 is 11.4 Å². The van der Waals surface area contributed by atoms with E-state index in [1.54, 1.807) is 0 Å². The smallest absolute Gasteiger partial charge is 0.326 e. The van der Waals surface area contributed by atoms with Gasteiger partial charge in [0.2, 0.25) is 11.5 Å². The number of carbonyl (C=O) groups excluding carboxylic acids is 2. The van der Waals surface area contributed by atoms with Crippen molar-refractivity contribution in [3.05, 3.63) is 161 Å². The van der Waals surface area contributed by atoms with Crippen LogP contribution in [0.3, 0.4) is 0 Å². The molecule has 2 fully saturated rings. The van der Waals surface area contributed by atoms with Gasteiger partial charge in [-0.05, 0) is 79.9 Å². The van der Waals surface area contributed by atoms with Gasteiger partial charge in [-0.2, -0.15) is 0 Å². The van der Waals surface area contributed by atoms with Crippen molar-refractivity contribution in [2.75, 3.05) is 0 Å². The number of hydrogen-bond donors (Lipinski definition) is 7. The predicted octanol–water partition coefficient (Wildman–Crippen LogP) is 4.32. The number of aromatic nitrogens is 4. The summed E-state index contributed by atoms with van der Waals surface area (Å²) < 4.78 is 5.62. The fourth-order valence-electron chi connectivity index (χ4n) is 7.25. The van der Waals surface area contributed by atoms with Crippen LogP contribution >= 0.6 is 0 Å². The molecule has 2 heterocycles. The number of aromatic amines is 4. The number of rotatable bonds is 9. The van der Waals surface area contributed by atoms with Gasteiger partial charge in [-0.25, -0.2) is 9.59 Å². The zero-order valence-electron chi connectivity index (χ0n) is 30.1. The predicted molar refractivity (Wildman–Crippen MR) is 206 cm³/mol. The molecule has 0 bridgehead atoms. The van der Waals surface area contributed by atoms with Crippen molar-refractivity contribution in [2.45, 2.75) is 81.9 Å². The van der Waals surface area contributed by atoms with E-state index in [-0.39, 0.29) is 30.1 Å². The standard InChI is InChI=1S/C24H25N3O4.C17H19N3O4/c28-22(25-19-13-11-18(12-14-19)17-9-5-2-6-10-17)20-21(23(29)27-24(30)26-20)31-15-16-7-3-1-4-8-16;21-14-13(19-17(24)20-16(14)23)15(22)18-12-8-6-11(7-9-12)10-4-2-1-3-5-10/h1-10,18-19H,11-15H2,(H,25,28)(H2,26,27,29,30);1-5,11-12,21H,6-9H2,(H,18,22)(H2,19,20,23,24). The van der Waals surface area contributed by atoms with E-state index in [9.17, 15) is 33.9 Å². The molecule has 0 unspecified atom stereocenters. The number of carbonyl (C=O) groups is 2. The van der Waals surface area contributed by atoms with Crippen molar-refractivity contribution in [1.29, 1.82) is 0 Å². The van der Waals surface area contributed by atoms with Gasteiger partial charge in [-0.1, -0.05) is 91.0 Å². The van der Waals surface area contributed by atoms with E-state index in [2.05, 4.69) is 49.9 Å². The Kier molecular flexibility index (Phi) is 12.6. The topological polar surface area (TPSA) is 219 Å². The third kappa shape index (κ3) is 10.2. The highest BCUT2D eigenvalue weighted by Crippen LogP contribution is 2.34. The molecule has 286 valence electrons. The Morgan fingerprint density at radius 3 is 1.47 bits per heavy atom. The Hall–Kier alpha value is -6.44. The second-order valence-electron chi connectivity index (χ2n) is 13.9. The molecule has 5 aromatic rings. The SMILES string of the molecule is O=C(NC1CCC(c2ccccc2)CC1)c1[nH]c(=O)[nH]c(=O)c1O.O=C(NC1CCC(c2ccccc2)CC1)c1[nH]c(=O)[nH]c(=O)c1OCc1ccccc1. The Bertz CT molecular complexity index is 2290. The number of hydrogen-bond acceptors (Lipinski definition) is 8. The van der Waals surface area contributed by atoms with Crippen molar-refractivity contribution >= 4 is 11.8 Å². The lowest BCUT2D eigenvalue weighted by atomic mass is 9.82. The molecule has 2 aliphatic carbocycles. The lowest BCUT2D eigenvalue weighted by molar-refractivity contribution is 0.0907. The van der Waals surface area contributed by atoms with Gasteiger partial charge < -0.3 is 20.5 Å². The van der Waals surface area contributed by atoms with E-state index >= 15 is 0 Å². The Labute approximate surface area is 315 Å². The van der Waals surface area contributed by atoms with Crippen molar-refractivity contribution in [3.63, 3.8) is 0 Å². The lowest BCUT2D eigenvalue weighted by Gasteiger charge is -2.29. The third-order valence-electron chi connectivity index (χ3n) is 10.2. The summed E-state index contributed by atoms with van der Waals surface area (Å²) in [5.74, 6) is -1.14. The quantitative estimate of drug-likeness (QED) is 0.115. The molecule has 14 heteroatoms. The van der Waals surface area contributed by atoms with Crippen molar-refractivity contribution in [1.82, 2.24) is 30.6 Å². The molecule has 3 aromatic carbocycles. The van der Waals surface area contributed by atoms with Crippen molar-refractivity contribution in [2.24, 2.45) is 0 Å². The van der Waals surface area contributed by atoms with Crippen LogP contribution in [0.25, 0.3) is 0 Å². The molecular formula is C41H44N6O8. The molecule has 2 aromatic heterocycles. The number of H-pyrrole nitrogens is 4. The van der Waals surface area contributed by atoms with Gasteiger partial charge in [0.1, 0.15) is 6.61 Å². The van der Waals surface area contributed by atoms with E-state index in [0.29, 0.717) is 11.8 Å². The second kappa shape index (κ2) is 18.1. The zero-order chi connectivity index (χ0) is 38.7. The molecule has 2 amide bonds. The van der Waals surface area contributed by atoms with Gasteiger partial charge in [0.05, 0.1) is 0 Å². The minimum atomic E-state index is -0.975. The molecule has 0 spiro atoms. The molecule has 0 saturated heterocycles. The number of aromatic hydroxyl groups is 1. The maximum absolute atomic E-state index is 12.9. The Morgan fingerprint density at radius 2 is 0.982 bits per heavy atom. The first-order valence-electron chi connectivity index (χ1n) is 18.4. The van der Waals surface area contributed by atoms with Gasteiger partial charge in [0.15, 0.2) is 11.4 Å². The van der Waals surface area contributed by atoms with Crippen LogP contribution in [0.15, 0.2) is 110 Å². The molecule has 7 rings (SSSR count). The lowest BCUT2D eigenvalue weighted by Crippen LogP contribution is -2.40. The van der Waals surface area contributed by atoms with Crippen LogP contribution in [0.1, 0.15) is 101 Å². The fourth-order valence-corrected chi connectivity index (χ4v) is 7.25. The van der Waals surface area contributed by atoms with E-state index < -0.39 is 45.8 Å². The summed E-state index contributed by atoms with van der Waals surface area (Å²) in [5, 5.41) is 15.4. The molecule has 7 N–H and O–H groups in total. The van der Waals surface area contributed by atoms with Crippen LogP contribution < -0.4 is 37.9 Å². The van der Waals surface area contributed by atoms with Gasteiger partial charge in [-0.15, -0.1) is 0 Å². The maximum Gasteiger partial charge on any atom is 0.326 e. The van der Waals surface area contributed by atoms with E-state index in [1.807, 2.05) is 71.7 Å². The van der Waals surface area contributed by atoms with Crippen molar-refractivity contribution < 1.29 is 19.4 Å². The van der Waals surface area contributed by atoms with E-state index in [0.717, 1.165) is 56.9 Å². The highest BCUT2D eigenvalue weighted by atomic mass is 16.5. The summed E-state index contributed by atoms with van der Waals surface area (Å²) in [4.78, 5) is 80.4. The van der Waals surface area contributed by atoms with Crippen LogP contribution in [-0.2, 0) is 6.61 Å². The Balaban J connectivity index is 0.000000193. The largest absolute Gasteiger partial charge is 0.501 e. The Morgan fingerprint density at radius 1 is 0.564 bits per heavy atom. The van der Waals surface area contributed by atoms with Gasteiger partial charge in [0, 0.05) is 12.1 Å². The summed E-state index contributed by atoms with van der Waals surface area (Å²) in [6, 6.07) is 29.9. The monoisotopic (exact) mass is 748 g/mol. The van der Waals surface area contributed by atoms with Crippen molar-refractivity contribution in [3.8, 4) is 11.5 Å². The van der Waals surface area contributed by atoms with Crippen LogP contribution in [0, 0.1) is 0 Å². The molecule has 14 nitrogen and oxygen atoms in total. The highest BCUT2D eigenvalue weighted by Gasteiger charge is 2.27. The number of ether oxygens (including phenoxy) is 1. The first kappa shape index (κ1) is 38.3. The van der Waals surface area contributed by atoms with Gasteiger partial charge in [-0.3, -0.25) is 39.1 Å². The molecule has 2 aliphatic rings. The average molecular weight is 749 g/mol. The summed E-state index contributed by atoms with van der Waals surface area (Å²) in [6.07, 6.45) is 7.12. The maximum atomic E-state index is 12.9. The molecule has 55 heavy (non-hydrogen) atoms. The number of amides is 2. The molecular weight excluding hydrogens is 704 g/mol. The second-order valence-corrected chi connectivity index (χ2v) is 13.9. The summed E-state index contributed by atoms with van der Waals surface area (Å²) in [7, 11) is 0. The first-order valence-corrected chi connectivity index (χ1v) is 18.4. The highest BCUT2D eigenvalue weighted by molar-refractivity contribution is 5.95. The number of nitrogens with one attached hydrogen (secondary N) is 6. The zero-order valence-corrected chi connectivity index (χ0v) is 30.1. The van der Waals surface area contributed by atoms with Crippen LogP contribution in [0.4, 0.5) is 0 Å². The van der Waals surface area contributed by atoms with E-state index in [4.69, 9.17) is 4.74 Å². The van der Waals surface area contributed by atoms with E-state index in [1.165, 1.54) is 11.1 Å². The normalized spacial score (nSPS) is 19.3. The summed E-state index contributed by atoms with van der Waals surface area (Å²) in [5.41, 5.74) is -0.329. The molecule has 0 aliphatic heterocycles. The average Bonchev–Trinajstić information content (AvgIpc) is 3.20. The van der Waals surface area contributed by atoms with Crippen LogP contribution in [0.2, 0.25) is 0 Å². The van der Waals surface area contributed by atoms with Crippen LogP contribution in [-0.4, -0.2) is 48.9 Å². The van der Waals surface area contributed by atoms with Crippen LogP contribution in [0.5, 0.6) is 11.5 Å². The summed E-state index contributed by atoms with van der Waals surface area (Å²) in [6.45, 7) is 0.110. The fraction of sp³-hybridized carbons (Fsp3) is 0.317. The minimum Gasteiger partial charge on any atom is -0.501 e.